The molecular weight excluding hydrogens is 287 g/mol. The molecule has 0 spiro atoms. The van der Waals surface area contributed by atoms with Crippen LogP contribution in [0.15, 0.2) is 36.9 Å². The molecule has 1 aromatic carbocycles. The third-order valence-electron chi connectivity index (χ3n) is 4.10. The molecular formula is C16H17FN2O3. The number of morpholine rings is 1. The minimum absolute atomic E-state index is 0.0107. The van der Waals surface area contributed by atoms with Crippen molar-refractivity contribution in [2.24, 2.45) is 0 Å². The molecule has 0 aliphatic carbocycles. The second-order valence-electron chi connectivity index (χ2n) is 5.44. The molecule has 22 heavy (non-hydrogen) atoms. The van der Waals surface area contributed by atoms with Crippen LogP contribution in [-0.2, 0) is 9.53 Å². The van der Waals surface area contributed by atoms with Crippen molar-refractivity contribution in [3.63, 3.8) is 0 Å². The average molecular weight is 304 g/mol. The van der Waals surface area contributed by atoms with Crippen molar-refractivity contribution in [1.82, 2.24) is 9.80 Å². The van der Waals surface area contributed by atoms with Gasteiger partial charge in [-0.05, 0) is 12.1 Å². The van der Waals surface area contributed by atoms with Crippen LogP contribution in [0.2, 0.25) is 0 Å². The first kappa shape index (κ1) is 14.7. The highest BCUT2D eigenvalue weighted by atomic mass is 19.1. The van der Waals surface area contributed by atoms with Crippen LogP contribution < -0.4 is 0 Å². The zero-order chi connectivity index (χ0) is 15.7. The summed E-state index contributed by atoms with van der Waals surface area (Å²) in [5.74, 6) is -1.02. The number of carbonyl (C=O) groups is 2. The van der Waals surface area contributed by atoms with Crippen LogP contribution >= 0.6 is 0 Å². The standard InChI is InChI=1S/C16H17FN2O3/c1-2-7-19-13-8-18(9-14(13)22-10-15(19)20)16(21)11-5-3-4-6-12(11)17/h2-6,13-14H,1,7-10H2/t13-,14-/m1/s1. The van der Waals surface area contributed by atoms with E-state index in [2.05, 4.69) is 6.58 Å². The number of benzene rings is 1. The smallest absolute Gasteiger partial charge is 0.256 e. The first-order chi connectivity index (χ1) is 10.6. The molecule has 3 rings (SSSR count). The van der Waals surface area contributed by atoms with Gasteiger partial charge in [-0.3, -0.25) is 9.59 Å². The average Bonchev–Trinajstić information content (AvgIpc) is 2.94. The number of carbonyl (C=O) groups excluding carboxylic acids is 2. The number of amides is 2. The number of nitrogens with zero attached hydrogens (tertiary/aromatic N) is 2. The maximum absolute atomic E-state index is 13.8. The van der Waals surface area contributed by atoms with Crippen LogP contribution in [0.3, 0.4) is 0 Å². The van der Waals surface area contributed by atoms with E-state index in [1.165, 1.54) is 12.1 Å². The van der Waals surface area contributed by atoms with E-state index in [-0.39, 0.29) is 36.1 Å². The maximum Gasteiger partial charge on any atom is 0.256 e. The lowest BCUT2D eigenvalue weighted by molar-refractivity contribution is -0.151. The van der Waals surface area contributed by atoms with Crippen LogP contribution in [0.5, 0.6) is 0 Å². The van der Waals surface area contributed by atoms with Crippen LogP contribution in [-0.4, -0.2) is 60.0 Å². The molecule has 0 bridgehead atoms. The fourth-order valence-electron chi connectivity index (χ4n) is 3.01. The number of hydrogen-bond donors (Lipinski definition) is 0. The second kappa shape index (κ2) is 5.88. The molecule has 116 valence electrons. The Hall–Kier alpha value is -2.21. The normalized spacial score (nSPS) is 24.3. The molecule has 2 fully saturated rings. The van der Waals surface area contributed by atoms with E-state index in [4.69, 9.17) is 4.74 Å². The predicted octanol–water partition coefficient (Wildman–Crippen LogP) is 1.06. The Morgan fingerprint density at radius 2 is 2.18 bits per heavy atom. The molecule has 0 N–H and O–H groups in total. The van der Waals surface area contributed by atoms with Gasteiger partial charge in [-0.2, -0.15) is 0 Å². The van der Waals surface area contributed by atoms with Gasteiger partial charge in [0.25, 0.3) is 5.91 Å². The fourth-order valence-corrected chi connectivity index (χ4v) is 3.01. The van der Waals surface area contributed by atoms with E-state index >= 15 is 0 Å². The summed E-state index contributed by atoms with van der Waals surface area (Å²) in [5.41, 5.74) is 0.0442. The quantitative estimate of drug-likeness (QED) is 0.785. The van der Waals surface area contributed by atoms with Crippen molar-refractivity contribution < 1.29 is 18.7 Å². The molecule has 2 atom stereocenters. The SMILES string of the molecule is C=CCN1C(=O)CO[C@@H]2CN(C(=O)c3ccccc3F)C[C@H]21. The lowest BCUT2D eigenvalue weighted by Crippen LogP contribution is -2.53. The predicted molar refractivity (Wildman–Crippen MR) is 77.7 cm³/mol. The van der Waals surface area contributed by atoms with Gasteiger partial charge in [0.1, 0.15) is 12.4 Å². The fraction of sp³-hybridized carbons (Fsp3) is 0.375. The molecule has 5 nitrogen and oxygen atoms in total. The number of fused-ring (bicyclic) bond motifs is 1. The number of halogens is 1. The van der Waals surface area contributed by atoms with E-state index in [1.54, 1.807) is 28.0 Å². The summed E-state index contributed by atoms with van der Waals surface area (Å²) in [7, 11) is 0. The van der Waals surface area contributed by atoms with E-state index in [0.717, 1.165) is 0 Å². The zero-order valence-corrected chi connectivity index (χ0v) is 12.1. The van der Waals surface area contributed by atoms with Gasteiger partial charge >= 0.3 is 0 Å². The van der Waals surface area contributed by atoms with Gasteiger partial charge in [0.15, 0.2) is 0 Å². The topological polar surface area (TPSA) is 49.9 Å². The number of rotatable bonds is 3. The van der Waals surface area contributed by atoms with Gasteiger partial charge < -0.3 is 14.5 Å². The molecule has 2 heterocycles. The second-order valence-corrected chi connectivity index (χ2v) is 5.44. The first-order valence-electron chi connectivity index (χ1n) is 7.17. The van der Waals surface area contributed by atoms with Crippen molar-refractivity contribution in [3.8, 4) is 0 Å². The molecule has 0 unspecified atom stereocenters. The van der Waals surface area contributed by atoms with Crippen LogP contribution in [0.25, 0.3) is 0 Å². The monoisotopic (exact) mass is 304 g/mol. The number of likely N-dealkylation sites (tertiary alicyclic amines) is 1. The van der Waals surface area contributed by atoms with Crippen molar-refractivity contribution >= 4 is 11.8 Å². The third kappa shape index (κ3) is 2.50. The van der Waals surface area contributed by atoms with Crippen molar-refractivity contribution in [1.29, 1.82) is 0 Å². The van der Waals surface area contributed by atoms with Crippen LogP contribution in [0.1, 0.15) is 10.4 Å². The van der Waals surface area contributed by atoms with Crippen molar-refractivity contribution in [2.45, 2.75) is 12.1 Å². The molecule has 2 aliphatic heterocycles. The van der Waals surface area contributed by atoms with Gasteiger partial charge in [0.2, 0.25) is 5.91 Å². The molecule has 0 saturated carbocycles. The van der Waals surface area contributed by atoms with Gasteiger partial charge in [-0.1, -0.05) is 18.2 Å². The van der Waals surface area contributed by atoms with Gasteiger partial charge in [0, 0.05) is 19.6 Å². The Balaban J connectivity index is 1.79. The molecule has 6 heteroatoms. The van der Waals surface area contributed by atoms with E-state index in [0.29, 0.717) is 19.6 Å². The largest absolute Gasteiger partial charge is 0.364 e. The van der Waals surface area contributed by atoms with E-state index in [9.17, 15) is 14.0 Å². The molecule has 0 radical (unpaired) electrons. The van der Waals surface area contributed by atoms with Crippen LogP contribution in [0, 0.1) is 5.82 Å². The van der Waals surface area contributed by atoms with E-state index in [1.807, 2.05) is 0 Å². The minimum atomic E-state index is -0.540. The molecule has 2 amide bonds. The summed E-state index contributed by atoms with van der Waals surface area (Å²) in [5, 5.41) is 0. The molecule has 2 aliphatic rings. The van der Waals surface area contributed by atoms with Gasteiger partial charge in [-0.25, -0.2) is 4.39 Å². The third-order valence-corrected chi connectivity index (χ3v) is 4.10. The number of hydrogen-bond acceptors (Lipinski definition) is 3. The maximum atomic E-state index is 13.8. The Bertz CT molecular complexity index is 619. The summed E-state index contributed by atoms with van der Waals surface area (Å²) in [6, 6.07) is 5.70. The Kier molecular flexibility index (Phi) is 3.94. The van der Waals surface area contributed by atoms with Crippen molar-refractivity contribution in [2.75, 3.05) is 26.2 Å². The Labute approximate surface area is 128 Å². The number of ether oxygens (including phenoxy) is 1. The summed E-state index contributed by atoms with van der Waals surface area (Å²) in [4.78, 5) is 27.6. The zero-order valence-electron chi connectivity index (χ0n) is 12.1. The summed E-state index contributed by atoms with van der Waals surface area (Å²) >= 11 is 0. The lowest BCUT2D eigenvalue weighted by Gasteiger charge is -2.35. The summed E-state index contributed by atoms with van der Waals surface area (Å²) in [6.45, 7) is 4.79. The van der Waals surface area contributed by atoms with Crippen LogP contribution in [0.4, 0.5) is 4.39 Å². The van der Waals surface area contributed by atoms with E-state index < -0.39 is 5.82 Å². The van der Waals surface area contributed by atoms with Crippen molar-refractivity contribution in [3.05, 3.63) is 48.3 Å². The highest BCUT2D eigenvalue weighted by molar-refractivity contribution is 5.95. The Morgan fingerprint density at radius 3 is 2.91 bits per heavy atom. The minimum Gasteiger partial charge on any atom is -0.364 e. The summed E-state index contributed by atoms with van der Waals surface area (Å²) in [6.07, 6.45) is 1.43. The highest BCUT2D eigenvalue weighted by Gasteiger charge is 2.44. The van der Waals surface area contributed by atoms with Gasteiger partial charge in [0.05, 0.1) is 17.7 Å². The summed E-state index contributed by atoms with van der Waals surface area (Å²) < 4.78 is 19.3. The van der Waals surface area contributed by atoms with Gasteiger partial charge in [-0.15, -0.1) is 6.58 Å². The lowest BCUT2D eigenvalue weighted by atomic mass is 10.1. The molecule has 2 saturated heterocycles. The highest BCUT2D eigenvalue weighted by Crippen LogP contribution is 2.25. The molecule has 0 aromatic heterocycles. The Morgan fingerprint density at radius 1 is 1.41 bits per heavy atom. The first-order valence-corrected chi connectivity index (χ1v) is 7.17. The molecule has 1 aromatic rings.